The fourth-order valence-electron chi connectivity index (χ4n) is 3.28. The van der Waals surface area contributed by atoms with Crippen LogP contribution in [0.2, 0.25) is 5.02 Å². The summed E-state index contributed by atoms with van der Waals surface area (Å²) >= 11 is 6.15. The number of aryl methyl sites for hydroxylation is 1. The van der Waals surface area contributed by atoms with Crippen LogP contribution in [0.3, 0.4) is 0 Å². The molecule has 0 aliphatic carbocycles. The lowest BCUT2D eigenvalue weighted by atomic mass is 10.1. The summed E-state index contributed by atoms with van der Waals surface area (Å²) in [6.45, 7) is 3.11. The number of carbonyl (C=O) groups excluding carboxylic acids is 1. The highest BCUT2D eigenvalue weighted by atomic mass is 35.5. The van der Waals surface area contributed by atoms with Gasteiger partial charge < -0.3 is 14.5 Å². The van der Waals surface area contributed by atoms with Gasteiger partial charge in [-0.05, 0) is 31.2 Å². The molecule has 0 unspecified atom stereocenters. The van der Waals surface area contributed by atoms with Crippen molar-refractivity contribution in [3.05, 3.63) is 58.8 Å². The Morgan fingerprint density at radius 1 is 1.14 bits per heavy atom. The van der Waals surface area contributed by atoms with E-state index in [0.717, 1.165) is 5.39 Å². The van der Waals surface area contributed by atoms with Gasteiger partial charge in [0.2, 0.25) is 10.0 Å². The van der Waals surface area contributed by atoms with E-state index in [-0.39, 0.29) is 10.7 Å². The second-order valence-electron chi connectivity index (χ2n) is 6.67. The standard InChI is InChI=1S/C20H19ClN2O5S/c1-13-16-6-3-7-17(21)19(16)28-18(13)20(24)22-14-4-2-5-15(12-14)29(25,26)23-8-10-27-11-9-23/h2-7,12H,8-11H2,1H3,(H,22,24). The topological polar surface area (TPSA) is 88.9 Å². The molecule has 2 heterocycles. The number of nitrogens with one attached hydrogen (secondary N) is 1. The predicted molar refractivity (Wildman–Crippen MR) is 110 cm³/mol. The van der Waals surface area contributed by atoms with Crippen molar-refractivity contribution < 1.29 is 22.4 Å². The normalized spacial score (nSPS) is 15.5. The molecule has 2 aromatic carbocycles. The molecule has 7 nitrogen and oxygen atoms in total. The third kappa shape index (κ3) is 3.76. The molecule has 1 fully saturated rings. The Hall–Kier alpha value is -2.39. The first-order chi connectivity index (χ1) is 13.9. The molecule has 0 spiro atoms. The van der Waals surface area contributed by atoms with E-state index in [9.17, 15) is 13.2 Å². The summed E-state index contributed by atoms with van der Waals surface area (Å²) in [6.07, 6.45) is 0. The van der Waals surface area contributed by atoms with Crippen molar-refractivity contribution in [3.63, 3.8) is 0 Å². The number of halogens is 1. The van der Waals surface area contributed by atoms with Crippen LogP contribution in [-0.4, -0.2) is 44.9 Å². The number of hydrogen-bond acceptors (Lipinski definition) is 5. The monoisotopic (exact) mass is 434 g/mol. The Labute approximate surface area is 173 Å². The van der Waals surface area contributed by atoms with E-state index in [0.29, 0.717) is 48.2 Å². The Bertz CT molecular complexity index is 1180. The summed E-state index contributed by atoms with van der Waals surface area (Å²) in [5, 5.41) is 3.89. The van der Waals surface area contributed by atoms with Crippen LogP contribution in [0.4, 0.5) is 5.69 Å². The molecule has 1 N–H and O–H groups in total. The van der Waals surface area contributed by atoms with Crippen LogP contribution >= 0.6 is 11.6 Å². The molecule has 3 aromatic rings. The summed E-state index contributed by atoms with van der Waals surface area (Å²) in [4.78, 5) is 12.9. The zero-order valence-corrected chi connectivity index (χ0v) is 17.2. The molecule has 29 heavy (non-hydrogen) atoms. The summed E-state index contributed by atoms with van der Waals surface area (Å²) in [5.74, 6) is -0.342. The lowest BCUT2D eigenvalue weighted by Crippen LogP contribution is -2.40. The molecule has 1 amide bonds. The average molecular weight is 435 g/mol. The van der Waals surface area contributed by atoms with E-state index in [4.69, 9.17) is 20.8 Å². The van der Waals surface area contributed by atoms with Gasteiger partial charge in [0.15, 0.2) is 11.3 Å². The highest BCUT2D eigenvalue weighted by molar-refractivity contribution is 7.89. The first kappa shape index (κ1) is 19.9. The van der Waals surface area contributed by atoms with Crippen molar-refractivity contribution in [1.29, 1.82) is 0 Å². The molecule has 1 aliphatic rings. The van der Waals surface area contributed by atoms with Crippen LogP contribution in [0.15, 0.2) is 51.8 Å². The molecule has 0 saturated carbocycles. The molecule has 1 aromatic heterocycles. The second kappa shape index (κ2) is 7.79. The van der Waals surface area contributed by atoms with Crippen molar-refractivity contribution in [2.45, 2.75) is 11.8 Å². The maximum absolute atomic E-state index is 12.8. The molecule has 0 atom stereocenters. The zero-order valence-electron chi connectivity index (χ0n) is 15.6. The summed E-state index contributed by atoms with van der Waals surface area (Å²) < 4.78 is 37.9. The molecule has 0 radical (unpaired) electrons. The van der Waals surface area contributed by atoms with Crippen molar-refractivity contribution in [3.8, 4) is 0 Å². The Morgan fingerprint density at radius 3 is 2.59 bits per heavy atom. The number of anilines is 1. The smallest absolute Gasteiger partial charge is 0.291 e. The van der Waals surface area contributed by atoms with Gasteiger partial charge >= 0.3 is 0 Å². The van der Waals surface area contributed by atoms with Crippen LogP contribution in [0.25, 0.3) is 11.0 Å². The van der Waals surface area contributed by atoms with Crippen LogP contribution in [0, 0.1) is 6.92 Å². The molecule has 152 valence electrons. The van der Waals surface area contributed by atoms with Crippen LogP contribution in [0.1, 0.15) is 16.1 Å². The maximum Gasteiger partial charge on any atom is 0.291 e. The quantitative estimate of drug-likeness (QED) is 0.676. The maximum atomic E-state index is 12.8. The lowest BCUT2D eigenvalue weighted by Gasteiger charge is -2.26. The predicted octanol–water partition coefficient (Wildman–Crippen LogP) is 3.67. The third-order valence-electron chi connectivity index (χ3n) is 4.82. The lowest BCUT2D eigenvalue weighted by molar-refractivity contribution is 0.0730. The molecule has 4 rings (SSSR count). The fraction of sp³-hybridized carbons (Fsp3) is 0.250. The second-order valence-corrected chi connectivity index (χ2v) is 9.02. The first-order valence-corrected chi connectivity index (χ1v) is 10.9. The van der Waals surface area contributed by atoms with Crippen LogP contribution in [-0.2, 0) is 14.8 Å². The minimum Gasteiger partial charge on any atom is -0.449 e. The minimum atomic E-state index is -3.66. The summed E-state index contributed by atoms with van der Waals surface area (Å²) in [7, 11) is -3.66. The number of ether oxygens (including phenoxy) is 1. The number of hydrogen-bond donors (Lipinski definition) is 1. The zero-order chi connectivity index (χ0) is 20.6. The van der Waals surface area contributed by atoms with E-state index in [1.807, 2.05) is 6.07 Å². The molecular formula is C20H19ClN2O5S. The van der Waals surface area contributed by atoms with Crippen molar-refractivity contribution >= 4 is 44.2 Å². The number of sulfonamides is 1. The van der Waals surface area contributed by atoms with Gasteiger partial charge in [0.05, 0.1) is 23.1 Å². The molecular weight excluding hydrogens is 416 g/mol. The van der Waals surface area contributed by atoms with Gasteiger partial charge in [-0.3, -0.25) is 4.79 Å². The van der Waals surface area contributed by atoms with Gasteiger partial charge in [0.25, 0.3) is 5.91 Å². The van der Waals surface area contributed by atoms with E-state index < -0.39 is 15.9 Å². The number of morpholine rings is 1. The first-order valence-electron chi connectivity index (χ1n) is 9.05. The van der Waals surface area contributed by atoms with Gasteiger partial charge in [-0.25, -0.2) is 8.42 Å². The third-order valence-corrected chi connectivity index (χ3v) is 7.01. The number of amides is 1. The van der Waals surface area contributed by atoms with Gasteiger partial charge in [0.1, 0.15) is 0 Å². The largest absolute Gasteiger partial charge is 0.449 e. The van der Waals surface area contributed by atoms with Gasteiger partial charge in [0, 0.05) is 29.7 Å². The summed E-state index contributed by atoms with van der Waals surface area (Å²) in [6, 6.07) is 11.5. The SMILES string of the molecule is Cc1c(C(=O)Nc2cccc(S(=O)(=O)N3CCOCC3)c2)oc2c(Cl)cccc12. The van der Waals surface area contributed by atoms with E-state index in [2.05, 4.69) is 5.32 Å². The highest BCUT2D eigenvalue weighted by Crippen LogP contribution is 2.31. The number of carbonyl (C=O) groups is 1. The highest BCUT2D eigenvalue weighted by Gasteiger charge is 2.27. The fourth-order valence-corrected chi connectivity index (χ4v) is 4.95. The number of fused-ring (bicyclic) bond motifs is 1. The Balaban J connectivity index is 1.61. The Kier molecular flexibility index (Phi) is 5.35. The van der Waals surface area contributed by atoms with E-state index in [1.54, 1.807) is 31.2 Å². The average Bonchev–Trinajstić information content (AvgIpc) is 3.07. The van der Waals surface area contributed by atoms with Crippen LogP contribution < -0.4 is 5.32 Å². The van der Waals surface area contributed by atoms with Gasteiger partial charge in [-0.2, -0.15) is 4.31 Å². The number of benzene rings is 2. The molecule has 1 saturated heterocycles. The molecule has 1 aliphatic heterocycles. The van der Waals surface area contributed by atoms with E-state index in [1.165, 1.54) is 16.4 Å². The number of nitrogens with zero attached hydrogens (tertiary/aromatic N) is 1. The summed E-state index contributed by atoms with van der Waals surface area (Å²) in [5.41, 5.74) is 1.47. The van der Waals surface area contributed by atoms with Crippen molar-refractivity contribution in [2.24, 2.45) is 0 Å². The van der Waals surface area contributed by atoms with Crippen molar-refractivity contribution in [2.75, 3.05) is 31.6 Å². The van der Waals surface area contributed by atoms with Gasteiger partial charge in [-0.1, -0.05) is 29.8 Å². The minimum absolute atomic E-state index is 0.113. The number of rotatable bonds is 4. The number of para-hydroxylation sites is 1. The molecule has 9 heteroatoms. The number of furan rings is 1. The molecule has 0 bridgehead atoms. The van der Waals surface area contributed by atoms with Gasteiger partial charge in [-0.15, -0.1) is 0 Å². The van der Waals surface area contributed by atoms with Crippen molar-refractivity contribution in [1.82, 2.24) is 4.31 Å². The van der Waals surface area contributed by atoms with E-state index >= 15 is 0 Å². The Morgan fingerprint density at radius 2 is 1.86 bits per heavy atom. The van der Waals surface area contributed by atoms with Crippen LogP contribution in [0.5, 0.6) is 0 Å².